The third-order valence-electron chi connectivity index (χ3n) is 6.01. The Bertz CT molecular complexity index is 1360. The van der Waals surface area contributed by atoms with Crippen molar-refractivity contribution in [2.45, 2.75) is 31.7 Å². The molecule has 0 saturated heterocycles. The fourth-order valence-electron chi connectivity index (χ4n) is 4.28. The molecule has 2 aromatic heterocycles. The van der Waals surface area contributed by atoms with E-state index in [9.17, 15) is 14.7 Å². The van der Waals surface area contributed by atoms with Gasteiger partial charge in [0, 0.05) is 41.8 Å². The zero-order valence-electron chi connectivity index (χ0n) is 18.5. The van der Waals surface area contributed by atoms with Crippen molar-refractivity contribution in [1.29, 1.82) is 0 Å². The van der Waals surface area contributed by atoms with Gasteiger partial charge in [-0.3, -0.25) is 4.79 Å². The Kier molecular flexibility index (Phi) is 5.67. The minimum Gasteiger partial charge on any atom is -0.480 e. The van der Waals surface area contributed by atoms with Crippen molar-refractivity contribution in [3.63, 3.8) is 0 Å². The van der Waals surface area contributed by atoms with Gasteiger partial charge in [-0.05, 0) is 36.2 Å². The van der Waals surface area contributed by atoms with E-state index in [0.29, 0.717) is 23.5 Å². The molecule has 9 nitrogen and oxygen atoms in total. The zero-order chi connectivity index (χ0) is 23.7. The van der Waals surface area contributed by atoms with Gasteiger partial charge < -0.3 is 29.9 Å². The Balaban J connectivity index is 1.41. The number of hydrogen-bond acceptors (Lipinski definition) is 5. The summed E-state index contributed by atoms with van der Waals surface area (Å²) in [5, 5.41) is 13.6. The van der Waals surface area contributed by atoms with Crippen LogP contribution in [0.1, 0.15) is 28.6 Å². The van der Waals surface area contributed by atoms with Crippen LogP contribution in [0, 0.1) is 6.92 Å². The first-order chi connectivity index (χ1) is 16.5. The molecule has 0 spiro atoms. The van der Waals surface area contributed by atoms with Crippen molar-refractivity contribution < 1.29 is 24.2 Å². The molecule has 1 unspecified atom stereocenters. The summed E-state index contributed by atoms with van der Waals surface area (Å²) in [4.78, 5) is 36.1. The highest BCUT2D eigenvalue weighted by molar-refractivity contribution is 5.89. The average Bonchev–Trinajstić information content (AvgIpc) is 3.56. The summed E-state index contributed by atoms with van der Waals surface area (Å²) in [6, 6.07) is 11.9. The lowest BCUT2D eigenvalue weighted by atomic mass is 9.92. The van der Waals surface area contributed by atoms with Crippen molar-refractivity contribution in [3.05, 3.63) is 77.5 Å². The number of amides is 1. The van der Waals surface area contributed by atoms with Crippen LogP contribution in [0.4, 0.5) is 0 Å². The standard InChI is InChI=1S/C25H24N4O5/c1-14-26-12-17(28-14)10-19(15-6-7-22-23(9-15)34-13-33-22)24(30)29-21(25(31)32)8-16-11-27-20-5-3-2-4-18(16)20/h2-7,9,11-12,19,21,27H,8,10,13H2,1H3,(H,26,28)(H,29,30)(H,31,32)/t19?,21-/m0/s1. The third kappa shape index (κ3) is 4.32. The molecule has 174 valence electrons. The number of nitrogens with one attached hydrogen (secondary N) is 3. The van der Waals surface area contributed by atoms with Crippen LogP contribution < -0.4 is 14.8 Å². The van der Waals surface area contributed by atoms with E-state index in [0.717, 1.165) is 28.0 Å². The molecule has 0 aliphatic carbocycles. The van der Waals surface area contributed by atoms with Gasteiger partial charge >= 0.3 is 5.97 Å². The smallest absolute Gasteiger partial charge is 0.326 e. The van der Waals surface area contributed by atoms with Crippen molar-refractivity contribution in [2.75, 3.05) is 6.79 Å². The molecular formula is C25H24N4O5. The first-order valence-electron chi connectivity index (χ1n) is 11.0. The van der Waals surface area contributed by atoms with E-state index in [1.807, 2.05) is 31.2 Å². The zero-order valence-corrected chi connectivity index (χ0v) is 18.5. The number of aromatic amines is 2. The topological polar surface area (TPSA) is 129 Å². The molecule has 1 amide bonds. The number of hydrogen-bond donors (Lipinski definition) is 4. The van der Waals surface area contributed by atoms with Gasteiger partial charge in [0.2, 0.25) is 12.7 Å². The molecule has 0 radical (unpaired) electrons. The SMILES string of the molecule is Cc1ncc(CC(C(=O)N[C@@H](Cc2c[nH]c3ccccc23)C(=O)O)c2ccc3c(c2)OCO3)[nH]1. The molecule has 1 aliphatic heterocycles. The highest BCUT2D eigenvalue weighted by Gasteiger charge is 2.29. The van der Waals surface area contributed by atoms with Crippen molar-refractivity contribution >= 4 is 22.8 Å². The number of aromatic nitrogens is 3. The van der Waals surface area contributed by atoms with Crippen LogP contribution in [-0.2, 0) is 22.4 Å². The summed E-state index contributed by atoms with van der Waals surface area (Å²) < 4.78 is 10.9. The number of aryl methyl sites for hydroxylation is 1. The van der Waals surface area contributed by atoms with Crippen LogP contribution in [0.2, 0.25) is 0 Å². The molecule has 0 fully saturated rings. The maximum Gasteiger partial charge on any atom is 0.326 e. The minimum atomic E-state index is -1.10. The summed E-state index contributed by atoms with van der Waals surface area (Å²) in [5.41, 5.74) is 3.22. The molecule has 3 heterocycles. The van der Waals surface area contributed by atoms with Gasteiger partial charge in [0.25, 0.3) is 0 Å². The van der Waals surface area contributed by atoms with Gasteiger partial charge in [0.05, 0.1) is 5.92 Å². The molecule has 0 saturated carbocycles. The number of rotatable bonds is 8. The van der Waals surface area contributed by atoms with Crippen LogP contribution in [0.25, 0.3) is 10.9 Å². The van der Waals surface area contributed by atoms with Crippen LogP contribution in [0.3, 0.4) is 0 Å². The van der Waals surface area contributed by atoms with Crippen LogP contribution in [0.15, 0.2) is 54.9 Å². The van der Waals surface area contributed by atoms with E-state index in [1.165, 1.54) is 0 Å². The lowest BCUT2D eigenvalue weighted by Crippen LogP contribution is -2.44. The maximum atomic E-state index is 13.5. The van der Waals surface area contributed by atoms with Gasteiger partial charge in [-0.2, -0.15) is 0 Å². The second kappa shape index (κ2) is 8.93. The number of carbonyl (C=O) groups is 2. The molecule has 4 N–H and O–H groups in total. The van der Waals surface area contributed by atoms with Gasteiger partial charge in [-0.1, -0.05) is 24.3 Å². The number of fused-ring (bicyclic) bond motifs is 2. The second-order valence-electron chi connectivity index (χ2n) is 8.33. The van der Waals surface area contributed by atoms with E-state index < -0.39 is 23.8 Å². The minimum absolute atomic E-state index is 0.126. The molecule has 4 aromatic rings. The number of para-hydroxylation sites is 1. The monoisotopic (exact) mass is 460 g/mol. The quantitative estimate of drug-likeness (QED) is 0.320. The maximum absolute atomic E-state index is 13.5. The fraction of sp³-hybridized carbons (Fsp3) is 0.240. The highest BCUT2D eigenvalue weighted by Crippen LogP contribution is 2.35. The molecular weight excluding hydrogens is 436 g/mol. The van der Waals surface area contributed by atoms with Crippen molar-refractivity contribution in [3.8, 4) is 11.5 Å². The highest BCUT2D eigenvalue weighted by atomic mass is 16.7. The van der Waals surface area contributed by atoms with Gasteiger partial charge in [0.15, 0.2) is 11.5 Å². The number of carboxylic acids is 1. The van der Waals surface area contributed by atoms with Gasteiger partial charge in [-0.15, -0.1) is 0 Å². The molecule has 2 aromatic carbocycles. The Morgan fingerprint density at radius 2 is 1.97 bits per heavy atom. The summed E-state index contributed by atoms with van der Waals surface area (Å²) in [5.74, 6) is -0.228. The molecule has 5 rings (SSSR count). The van der Waals surface area contributed by atoms with Crippen LogP contribution in [-0.4, -0.2) is 44.8 Å². The summed E-state index contributed by atoms with van der Waals surface area (Å²) in [6.07, 6.45) is 3.95. The lowest BCUT2D eigenvalue weighted by molar-refractivity contribution is -0.142. The van der Waals surface area contributed by atoms with E-state index >= 15 is 0 Å². The number of H-pyrrole nitrogens is 2. The number of aliphatic carboxylic acids is 1. The van der Waals surface area contributed by atoms with E-state index in [1.54, 1.807) is 30.6 Å². The van der Waals surface area contributed by atoms with Crippen molar-refractivity contribution in [1.82, 2.24) is 20.3 Å². The predicted octanol–water partition coefficient (Wildman–Crippen LogP) is 3.07. The van der Waals surface area contributed by atoms with Crippen molar-refractivity contribution in [2.24, 2.45) is 0 Å². The first kappa shape index (κ1) is 21.6. The molecule has 34 heavy (non-hydrogen) atoms. The number of ether oxygens (including phenoxy) is 2. The van der Waals surface area contributed by atoms with E-state index in [-0.39, 0.29) is 13.2 Å². The molecule has 2 atom stereocenters. The van der Waals surface area contributed by atoms with E-state index in [4.69, 9.17) is 9.47 Å². The second-order valence-corrected chi connectivity index (χ2v) is 8.33. The van der Waals surface area contributed by atoms with Crippen LogP contribution in [0.5, 0.6) is 11.5 Å². The third-order valence-corrected chi connectivity index (χ3v) is 6.01. The summed E-state index contributed by atoms with van der Waals surface area (Å²) in [6.45, 7) is 1.96. The largest absolute Gasteiger partial charge is 0.480 e. The Labute approximate surface area is 195 Å². The number of nitrogens with zero attached hydrogens (tertiary/aromatic N) is 1. The van der Waals surface area contributed by atoms with E-state index in [2.05, 4.69) is 20.3 Å². The number of imidazole rings is 1. The normalized spacial score (nSPS) is 14.1. The Morgan fingerprint density at radius 1 is 1.15 bits per heavy atom. The first-order valence-corrected chi connectivity index (χ1v) is 11.0. The number of carbonyl (C=O) groups excluding carboxylic acids is 1. The summed E-state index contributed by atoms with van der Waals surface area (Å²) in [7, 11) is 0. The number of benzene rings is 2. The average molecular weight is 460 g/mol. The number of carboxylic acid groups (broad SMARTS) is 1. The van der Waals surface area contributed by atoms with Gasteiger partial charge in [0.1, 0.15) is 11.9 Å². The summed E-state index contributed by atoms with van der Waals surface area (Å²) >= 11 is 0. The molecule has 9 heteroatoms. The molecule has 0 bridgehead atoms. The fourth-order valence-corrected chi connectivity index (χ4v) is 4.28. The van der Waals surface area contributed by atoms with Gasteiger partial charge in [-0.25, -0.2) is 9.78 Å². The lowest BCUT2D eigenvalue weighted by Gasteiger charge is -2.21. The Hall–Kier alpha value is -4.27. The molecule has 1 aliphatic rings. The van der Waals surface area contributed by atoms with Crippen LogP contribution >= 0.6 is 0 Å². The Morgan fingerprint density at radius 3 is 2.76 bits per heavy atom. The predicted molar refractivity (Wildman–Crippen MR) is 124 cm³/mol.